The van der Waals surface area contributed by atoms with Crippen LogP contribution in [-0.4, -0.2) is 11.8 Å². The number of nitrogens with one attached hydrogen (secondary N) is 1. The number of carbonyl (C=O) groups excluding carboxylic acids is 2. The van der Waals surface area contributed by atoms with Gasteiger partial charge in [0, 0.05) is 17.7 Å². The predicted molar refractivity (Wildman–Crippen MR) is 80.8 cm³/mol. The maximum Gasteiger partial charge on any atom is 0.251 e. The topological polar surface area (TPSA) is 72.2 Å². The van der Waals surface area contributed by atoms with E-state index in [0.29, 0.717) is 6.42 Å². The van der Waals surface area contributed by atoms with Crippen LogP contribution in [0.2, 0.25) is 0 Å². The molecule has 1 fully saturated rings. The average Bonchev–Trinajstić information content (AvgIpc) is 3.27. The van der Waals surface area contributed by atoms with Crippen molar-refractivity contribution in [3.63, 3.8) is 0 Å². The Hall–Kier alpha value is -2.83. The highest BCUT2D eigenvalue weighted by molar-refractivity contribution is 5.97. The van der Waals surface area contributed by atoms with E-state index in [2.05, 4.69) is 5.32 Å². The molecule has 2 aromatic rings. The summed E-state index contributed by atoms with van der Waals surface area (Å²) >= 11 is 0. The van der Waals surface area contributed by atoms with Gasteiger partial charge in [-0.05, 0) is 42.2 Å². The number of hydrogen-bond acceptors (Lipinski definition) is 2. The van der Waals surface area contributed by atoms with Gasteiger partial charge in [-0.2, -0.15) is 0 Å². The van der Waals surface area contributed by atoms with Gasteiger partial charge in [0.05, 0.1) is 5.56 Å². The van der Waals surface area contributed by atoms with E-state index >= 15 is 0 Å². The van der Waals surface area contributed by atoms with Gasteiger partial charge in [0.25, 0.3) is 5.91 Å². The molecule has 2 amide bonds. The maximum atomic E-state index is 13.7. The van der Waals surface area contributed by atoms with Crippen molar-refractivity contribution in [2.45, 2.75) is 12.3 Å². The summed E-state index contributed by atoms with van der Waals surface area (Å²) in [5.41, 5.74) is 5.19. The minimum Gasteiger partial charge on any atom is -0.366 e. The van der Waals surface area contributed by atoms with Crippen molar-refractivity contribution < 1.29 is 22.8 Å². The van der Waals surface area contributed by atoms with Gasteiger partial charge in [-0.3, -0.25) is 9.59 Å². The van der Waals surface area contributed by atoms with Crippen LogP contribution in [0.4, 0.5) is 18.9 Å². The van der Waals surface area contributed by atoms with Crippen molar-refractivity contribution in [2.75, 3.05) is 5.32 Å². The normalized spacial score (nSPS) is 19.0. The number of rotatable bonds is 4. The van der Waals surface area contributed by atoms with Crippen LogP contribution in [0.3, 0.4) is 0 Å². The number of amides is 2. The molecule has 124 valence electrons. The van der Waals surface area contributed by atoms with Crippen molar-refractivity contribution in [3.05, 3.63) is 65.0 Å². The fraction of sp³-hybridized carbons (Fsp3) is 0.176. The maximum absolute atomic E-state index is 13.7. The average molecular weight is 334 g/mol. The number of primary amides is 1. The third-order valence-corrected chi connectivity index (χ3v) is 3.99. The second-order valence-corrected chi connectivity index (χ2v) is 5.66. The summed E-state index contributed by atoms with van der Waals surface area (Å²) in [5, 5.41) is 2.51. The molecule has 4 nitrogen and oxygen atoms in total. The summed E-state index contributed by atoms with van der Waals surface area (Å²) in [5.74, 6) is -4.30. The monoisotopic (exact) mass is 334 g/mol. The first-order valence-electron chi connectivity index (χ1n) is 7.22. The van der Waals surface area contributed by atoms with Crippen molar-refractivity contribution in [1.82, 2.24) is 0 Å². The number of anilines is 1. The molecule has 7 heteroatoms. The molecule has 1 aliphatic carbocycles. The Morgan fingerprint density at radius 2 is 1.79 bits per heavy atom. The second-order valence-electron chi connectivity index (χ2n) is 5.66. The molecule has 1 saturated carbocycles. The molecule has 0 aliphatic heterocycles. The van der Waals surface area contributed by atoms with Crippen molar-refractivity contribution >= 4 is 17.5 Å². The highest BCUT2D eigenvalue weighted by Crippen LogP contribution is 2.48. The number of halogens is 3. The van der Waals surface area contributed by atoms with E-state index in [1.54, 1.807) is 0 Å². The third-order valence-electron chi connectivity index (χ3n) is 3.99. The lowest BCUT2D eigenvalue weighted by Crippen LogP contribution is -2.16. The van der Waals surface area contributed by atoms with Crippen molar-refractivity contribution in [2.24, 2.45) is 11.7 Å². The molecule has 2 atom stereocenters. The van der Waals surface area contributed by atoms with Gasteiger partial charge in [0.1, 0.15) is 17.5 Å². The molecule has 0 heterocycles. The Morgan fingerprint density at radius 3 is 2.42 bits per heavy atom. The Kier molecular flexibility index (Phi) is 4.01. The van der Waals surface area contributed by atoms with E-state index in [9.17, 15) is 22.8 Å². The zero-order valence-electron chi connectivity index (χ0n) is 12.4. The van der Waals surface area contributed by atoms with Crippen LogP contribution >= 0.6 is 0 Å². The molecule has 3 N–H and O–H groups in total. The zero-order valence-corrected chi connectivity index (χ0v) is 12.4. The highest BCUT2D eigenvalue weighted by atomic mass is 19.1. The summed E-state index contributed by atoms with van der Waals surface area (Å²) < 4.78 is 40.3. The minimum atomic E-state index is -0.903. The van der Waals surface area contributed by atoms with Crippen LogP contribution in [0.1, 0.15) is 28.3 Å². The molecule has 24 heavy (non-hydrogen) atoms. The Bertz CT molecular complexity index is 839. The Morgan fingerprint density at radius 1 is 1.04 bits per heavy atom. The van der Waals surface area contributed by atoms with Crippen LogP contribution in [0.15, 0.2) is 36.4 Å². The molecule has 0 saturated heterocycles. The van der Waals surface area contributed by atoms with Gasteiger partial charge in [-0.15, -0.1) is 0 Å². The van der Waals surface area contributed by atoms with E-state index in [1.807, 2.05) is 0 Å². The lowest BCUT2D eigenvalue weighted by atomic mass is 10.1. The fourth-order valence-electron chi connectivity index (χ4n) is 2.66. The lowest BCUT2D eigenvalue weighted by molar-refractivity contribution is -0.117. The number of nitrogens with two attached hydrogens (primary N) is 1. The fourth-order valence-corrected chi connectivity index (χ4v) is 2.66. The molecular weight excluding hydrogens is 321 g/mol. The molecule has 2 unspecified atom stereocenters. The number of hydrogen-bond donors (Lipinski definition) is 2. The van der Waals surface area contributed by atoms with Crippen LogP contribution in [0.25, 0.3) is 0 Å². The van der Waals surface area contributed by atoms with Crippen LogP contribution in [-0.2, 0) is 4.79 Å². The summed E-state index contributed by atoms with van der Waals surface area (Å²) in [4.78, 5) is 23.1. The standard InChI is InChI=1S/C17H13F3N2O2/c18-8-1-3-10(14(19)5-8)12-7-13(12)17(24)22-9-2-4-11(16(21)23)15(20)6-9/h1-6,12-13H,7H2,(H2,21,23)(H,22,24). The molecule has 2 aromatic carbocycles. The van der Waals surface area contributed by atoms with Gasteiger partial charge >= 0.3 is 0 Å². The van der Waals surface area contributed by atoms with E-state index in [0.717, 1.165) is 18.2 Å². The molecule has 1 aliphatic rings. The summed E-state index contributed by atoms with van der Waals surface area (Å²) in [6.07, 6.45) is 0.427. The van der Waals surface area contributed by atoms with Crippen LogP contribution < -0.4 is 11.1 Å². The molecule has 3 rings (SSSR count). The van der Waals surface area contributed by atoms with E-state index in [4.69, 9.17) is 5.73 Å². The zero-order chi connectivity index (χ0) is 17.4. The lowest BCUT2D eigenvalue weighted by Gasteiger charge is -2.07. The van der Waals surface area contributed by atoms with Crippen molar-refractivity contribution in [3.8, 4) is 0 Å². The van der Waals surface area contributed by atoms with E-state index < -0.39 is 35.2 Å². The molecular formula is C17H13F3N2O2. The summed E-state index contributed by atoms with van der Waals surface area (Å²) in [7, 11) is 0. The van der Waals surface area contributed by atoms with Crippen LogP contribution in [0, 0.1) is 23.4 Å². The van der Waals surface area contributed by atoms with Crippen LogP contribution in [0.5, 0.6) is 0 Å². The number of benzene rings is 2. The van der Waals surface area contributed by atoms with Gasteiger partial charge in [-0.1, -0.05) is 6.07 Å². The SMILES string of the molecule is NC(=O)c1ccc(NC(=O)C2CC2c2ccc(F)cc2F)cc1F. The first kappa shape index (κ1) is 16.0. The summed E-state index contributed by atoms with van der Waals surface area (Å²) in [6.45, 7) is 0. The highest BCUT2D eigenvalue weighted by Gasteiger charge is 2.45. The van der Waals surface area contributed by atoms with Crippen molar-refractivity contribution in [1.29, 1.82) is 0 Å². The largest absolute Gasteiger partial charge is 0.366 e. The smallest absolute Gasteiger partial charge is 0.251 e. The Labute approximate surface area is 135 Å². The second kappa shape index (κ2) is 5.99. The van der Waals surface area contributed by atoms with Gasteiger partial charge in [-0.25, -0.2) is 13.2 Å². The first-order chi connectivity index (χ1) is 11.4. The molecule has 0 bridgehead atoms. The van der Waals surface area contributed by atoms with Gasteiger partial charge in [0.15, 0.2) is 0 Å². The van der Waals surface area contributed by atoms with Gasteiger partial charge < -0.3 is 11.1 Å². The van der Waals surface area contributed by atoms with E-state index in [-0.39, 0.29) is 22.7 Å². The van der Waals surface area contributed by atoms with E-state index in [1.165, 1.54) is 18.2 Å². The first-order valence-corrected chi connectivity index (χ1v) is 7.22. The quantitative estimate of drug-likeness (QED) is 0.902. The third kappa shape index (κ3) is 3.10. The predicted octanol–water partition coefficient (Wildman–Crippen LogP) is 2.95. The molecule has 0 radical (unpaired) electrons. The minimum absolute atomic E-state index is 0.174. The molecule has 0 aromatic heterocycles. The summed E-state index contributed by atoms with van der Waals surface area (Å²) in [6, 6.07) is 6.77. The van der Waals surface area contributed by atoms with Gasteiger partial charge in [0.2, 0.25) is 5.91 Å². The molecule has 0 spiro atoms. The Balaban J connectivity index is 1.69. The number of carbonyl (C=O) groups is 2.